The Kier molecular flexibility index (Phi) is 4.76. The van der Waals surface area contributed by atoms with Gasteiger partial charge in [-0.2, -0.15) is 5.10 Å². The van der Waals surface area contributed by atoms with Gasteiger partial charge in [-0.3, -0.25) is 14.4 Å². The summed E-state index contributed by atoms with van der Waals surface area (Å²) in [4.78, 5) is 16.1. The van der Waals surface area contributed by atoms with Gasteiger partial charge in [0.25, 0.3) is 0 Å². The standard InChI is InChI=1S/C18H30N4O/c1-13-18(14(2)20(4)19-13)17-6-5-9-22(17)12-16-7-10-21(11-8-16)15(3)23/h16-17H,5-12H2,1-4H3/t17-/m1/s1. The molecule has 0 N–H and O–H groups in total. The topological polar surface area (TPSA) is 41.4 Å². The summed E-state index contributed by atoms with van der Waals surface area (Å²) in [7, 11) is 2.04. The molecule has 0 aliphatic carbocycles. The van der Waals surface area contributed by atoms with Crippen molar-refractivity contribution in [1.29, 1.82) is 0 Å². The lowest BCUT2D eigenvalue weighted by atomic mass is 9.95. The fraction of sp³-hybridized carbons (Fsp3) is 0.778. The van der Waals surface area contributed by atoms with Crippen molar-refractivity contribution in [1.82, 2.24) is 19.6 Å². The predicted molar refractivity (Wildman–Crippen MR) is 91.2 cm³/mol. The molecule has 128 valence electrons. The number of carbonyl (C=O) groups excluding carboxylic acids is 1. The quantitative estimate of drug-likeness (QED) is 0.859. The smallest absolute Gasteiger partial charge is 0.219 e. The molecule has 1 amide bonds. The van der Waals surface area contributed by atoms with E-state index < -0.39 is 0 Å². The van der Waals surface area contributed by atoms with E-state index in [2.05, 4.69) is 23.8 Å². The first-order valence-corrected chi connectivity index (χ1v) is 8.97. The van der Waals surface area contributed by atoms with Crippen LogP contribution in [0.4, 0.5) is 0 Å². The van der Waals surface area contributed by atoms with Crippen molar-refractivity contribution in [3.05, 3.63) is 17.0 Å². The van der Waals surface area contributed by atoms with Gasteiger partial charge in [-0.15, -0.1) is 0 Å². The SMILES string of the molecule is CC(=O)N1CCC(CN2CCC[C@@H]2c2c(C)nn(C)c2C)CC1. The maximum atomic E-state index is 11.5. The van der Waals surface area contributed by atoms with Crippen LogP contribution in [0.15, 0.2) is 0 Å². The third-order valence-electron chi connectivity index (χ3n) is 5.81. The average molecular weight is 318 g/mol. The minimum atomic E-state index is 0.226. The van der Waals surface area contributed by atoms with Gasteiger partial charge < -0.3 is 4.90 Å². The highest BCUT2D eigenvalue weighted by molar-refractivity contribution is 5.73. The van der Waals surface area contributed by atoms with Crippen LogP contribution < -0.4 is 0 Å². The lowest BCUT2D eigenvalue weighted by Gasteiger charge is -2.35. The predicted octanol–water partition coefficient (Wildman–Crippen LogP) is 2.43. The summed E-state index contributed by atoms with van der Waals surface area (Å²) >= 11 is 0. The van der Waals surface area contributed by atoms with Crippen LogP contribution in [0.3, 0.4) is 0 Å². The second-order valence-corrected chi connectivity index (χ2v) is 7.31. The highest BCUT2D eigenvalue weighted by atomic mass is 16.2. The Bertz CT molecular complexity index is 572. The zero-order chi connectivity index (χ0) is 16.6. The van der Waals surface area contributed by atoms with Crippen LogP contribution in [0.1, 0.15) is 55.6 Å². The first-order chi connectivity index (χ1) is 11.0. The van der Waals surface area contributed by atoms with Crippen molar-refractivity contribution in [2.75, 3.05) is 26.2 Å². The largest absolute Gasteiger partial charge is 0.343 e. The first kappa shape index (κ1) is 16.5. The van der Waals surface area contributed by atoms with Crippen molar-refractivity contribution >= 4 is 5.91 Å². The number of nitrogens with zero attached hydrogens (tertiary/aromatic N) is 4. The summed E-state index contributed by atoms with van der Waals surface area (Å²) < 4.78 is 2.02. The van der Waals surface area contributed by atoms with Crippen LogP contribution in [-0.2, 0) is 11.8 Å². The summed E-state index contributed by atoms with van der Waals surface area (Å²) in [5.74, 6) is 0.951. The van der Waals surface area contributed by atoms with Gasteiger partial charge in [0.1, 0.15) is 0 Å². The van der Waals surface area contributed by atoms with Crippen LogP contribution in [-0.4, -0.2) is 51.7 Å². The highest BCUT2D eigenvalue weighted by Gasteiger charge is 2.32. The minimum Gasteiger partial charge on any atom is -0.343 e. The summed E-state index contributed by atoms with van der Waals surface area (Å²) in [5, 5.41) is 4.61. The van der Waals surface area contributed by atoms with Crippen molar-refractivity contribution in [3.63, 3.8) is 0 Å². The number of amides is 1. The molecule has 1 aromatic heterocycles. The summed E-state index contributed by atoms with van der Waals surface area (Å²) in [6.45, 7) is 10.3. The van der Waals surface area contributed by atoms with E-state index in [0.29, 0.717) is 6.04 Å². The molecule has 2 saturated heterocycles. The maximum absolute atomic E-state index is 11.5. The van der Waals surface area contributed by atoms with Crippen LogP contribution in [0.2, 0.25) is 0 Å². The molecule has 0 spiro atoms. The van der Waals surface area contributed by atoms with Crippen molar-refractivity contribution < 1.29 is 4.79 Å². The molecule has 1 atom stereocenters. The maximum Gasteiger partial charge on any atom is 0.219 e. The number of carbonyl (C=O) groups is 1. The number of piperidine rings is 1. The molecule has 0 saturated carbocycles. The van der Waals surface area contributed by atoms with Crippen LogP contribution >= 0.6 is 0 Å². The van der Waals surface area contributed by atoms with Gasteiger partial charge >= 0.3 is 0 Å². The Morgan fingerprint density at radius 1 is 1.17 bits per heavy atom. The molecular weight excluding hydrogens is 288 g/mol. The van der Waals surface area contributed by atoms with E-state index in [0.717, 1.165) is 31.8 Å². The molecular formula is C18H30N4O. The van der Waals surface area contributed by atoms with E-state index >= 15 is 0 Å². The van der Waals surface area contributed by atoms with E-state index in [1.807, 2.05) is 16.6 Å². The Labute approximate surface area is 139 Å². The zero-order valence-corrected chi connectivity index (χ0v) is 15.0. The number of hydrogen-bond acceptors (Lipinski definition) is 3. The average Bonchev–Trinajstić information content (AvgIpc) is 3.04. The number of aromatic nitrogens is 2. The minimum absolute atomic E-state index is 0.226. The normalized spacial score (nSPS) is 23.7. The van der Waals surface area contributed by atoms with Crippen LogP contribution in [0.5, 0.6) is 0 Å². The Morgan fingerprint density at radius 2 is 1.87 bits per heavy atom. The van der Waals surface area contributed by atoms with Crippen molar-refractivity contribution in [2.24, 2.45) is 13.0 Å². The van der Waals surface area contributed by atoms with Gasteiger partial charge in [0.2, 0.25) is 5.91 Å². The van der Waals surface area contributed by atoms with Gasteiger partial charge in [0, 0.05) is 50.9 Å². The van der Waals surface area contributed by atoms with Crippen LogP contribution in [0, 0.1) is 19.8 Å². The number of aryl methyl sites for hydroxylation is 2. The molecule has 2 aliphatic heterocycles. The zero-order valence-electron chi connectivity index (χ0n) is 15.0. The molecule has 0 radical (unpaired) electrons. The molecule has 5 nitrogen and oxygen atoms in total. The van der Waals surface area contributed by atoms with E-state index in [1.54, 1.807) is 6.92 Å². The third-order valence-corrected chi connectivity index (χ3v) is 5.81. The van der Waals surface area contributed by atoms with Crippen molar-refractivity contribution in [3.8, 4) is 0 Å². The summed E-state index contributed by atoms with van der Waals surface area (Å²) in [6.07, 6.45) is 4.83. The lowest BCUT2D eigenvalue weighted by molar-refractivity contribution is -0.130. The Morgan fingerprint density at radius 3 is 2.43 bits per heavy atom. The molecule has 23 heavy (non-hydrogen) atoms. The second-order valence-electron chi connectivity index (χ2n) is 7.31. The fourth-order valence-corrected chi connectivity index (χ4v) is 4.41. The number of rotatable bonds is 3. The summed E-state index contributed by atoms with van der Waals surface area (Å²) in [5.41, 5.74) is 3.95. The molecule has 3 rings (SSSR count). The van der Waals surface area contributed by atoms with Gasteiger partial charge in [0.05, 0.1) is 5.69 Å². The second kappa shape index (κ2) is 6.63. The number of hydrogen-bond donors (Lipinski definition) is 0. The molecule has 5 heteroatoms. The van der Waals surface area contributed by atoms with Gasteiger partial charge in [-0.25, -0.2) is 0 Å². The number of likely N-dealkylation sites (tertiary alicyclic amines) is 2. The lowest BCUT2D eigenvalue weighted by Crippen LogP contribution is -2.40. The fourth-order valence-electron chi connectivity index (χ4n) is 4.41. The molecule has 2 fully saturated rings. The van der Waals surface area contributed by atoms with Crippen LogP contribution in [0.25, 0.3) is 0 Å². The first-order valence-electron chi connectivity index (χ1n) is 8.97. The van der Waals surface area contributed by atoms with Crippen molar-refractivity contribution in [2.45, 2.75) is 52.5 Å². The van der Waals surface area contributed by atoms with E-state index in [-0.39, 0.29) is 5.91 Å². The molecule has 1 aromatic rings. The molecule has 2 aliphatic rings. The van der Waals surface area contributed by atoms with E-state index in [4.69, 9.17) is 0 Å². The molecule has 0 unspecified atom stereocenters. The van der Waals surface area contributed by atoms with E-state index in [1.165, 1.54) is 42.9 Å². The Balaban J connectivity index is 1.65. The Hall–Kier alpha value is -1.36. The third kappa shape index (κ3) is 3.30. The van der Waals surface area contributed by atoms with E-state index in [9.17, 15) is 4.79 Å². The molecule has 0 aromatic carbocycles. The molecule has 0 bridgehead atoms. The highest BCUT2D eigenvalue weighted by Crippen LogP contribution is 2.36. The van der Waals surface area contributed by atoms with Gasteiger partial charge in [0.15, 0.2) is 0 Å². The van der Waals surface area contributed by atoms with Gasteiger partial charge in [-0.1, -0.05) is 0 Å². The summed E-state index contributed by atoms with van der Waals surface area (Å²) in [6, 6.07) is 0.537. The monoisotopic (exact) mass is 318 g/mol. The van der Waals surface area contributed by atoms with Gasteiger partial charge in [-0.05, 0) is 52.0 Å². The molecule has 3 heterocycles.